The molecular formula is C7H13NO4S. The number of hydrogen-bond acceptors (Lipinski definition) is 3. The van der Waals surface area contributed by atoms with Crippen molar-refractivity contribution in [1.29, 1.82) is 0 Å². The van der Waals surface area contributed by atoms with Crippen LogP contribution < -0.4 is 5.73 Å². The summed E-state index contributed by atoms with van der Waals surface area (Å²) >= 11 is 0. The average molecular weight is 207 g/mol. The summed E-state index contributed by atoms with van der Waals surface area (Å²) in [4.78, 5) is 10.5. The standard InChI is InChI=1S/C7H13NO4S/c1-5(7(8)9)3-4-6(2)13(10,11)12/h3,6H,4H2,1-2H3,(H2,8,9)(H,10,11,12)/b5-3+. The van der Waals surface area contributed by atoms with Crippen LogP contribution in [0.3, 0.4) is 0 Å². The number of amides is 1. The first kappa shape index (κ1) is 12.1. The highest BCUT2D eigenvalue weighted by atomic mass is 32.2. The Hall–Kier alpha value is -0.880. The van der Waals surface area contributed by atoms with Crippen LogP contribution in [0.5, 0.6) is 0 Å². The lowest BCUT2D eigenvalue weighted by molar-refractivity contribution is -0.114. The molecule has 5 nitrogen and oxygen atoms in total. The van der Waals surface area contributed by atoms with Gasteiger partial charge in [-0.15, -0.1) is 0 Å². The normalized spacial score (nSPS) is 15.5. The van der Waals surface area contributed by atoms with E-state index in [1.807, 2.05) is 0 Å². The fourth-order valence-electron chi connectivity index (χ4n) is 0.565. The fraction of sp³-hybridized carbons (Fsp3) is 0.571. The van der Waals surface area contributed by atoms with Gasteiger partial charge in [0, 0.05) is 5.57 Å². The lowest BCUT2D eigenvalue weighted by Crippen LogP contribution is -2.17. The minimum Gasteiger partial charge on any atom is -0.366 e. The van der Waals surface area contributed by atoms with Crippen molar-refractivity contribution in [2.24, 2.45) is 5.73 Å². The van der Waals surface area contributed by atoms with Crippen molar-refractivity contribution >= 4 is 16.0 Å². The van der Waals surface area contributed by atoms with Crippen molar-refractivity contribution in [1.82, 2.24) is 0 Å². The number of primary amides is 1. The molecule has 1 atom stereocenters. The van der Waals surface area contributed by atoms with Crippen LogP contribution in [0.2, 0.25) is 0 Å². The molecule has 0 fully saturated rings. The zero-order valence-corrected chi connectivity index (χ0v) is 8.34. The van der Waals surface area contributed by atoms with Gasteiger partial charge in [0.1, 0.15) is 0 Å². The molecule has 13 heavy (non-hydrogen) atoms. The van der Waals surface area contributed by atoms with Crippen LogP contribution in [0.4, 0.5) is 0 Å². The predicted octanol–water partition coefficient (Wildman–Crippen LogP) is 0.0844. The maximum atomic E-state index is 10.5. The molecule has 0 aliphatic carbocycles. The Bertz CT molecular complexity index is 317. The van der Waals surface area contributed by atoms with Gasteiger partial charge in [0.05, 0.1) is 5.25 Å². The molecule has 0 spiro atoms. The van der Waals surface area contributed by atoms with E-state index in [1.54, 1.807) is 0 Å². The van der Waals surface area contributed by atoms with E-state index in [-0.39, 0.29) is 12.0 Å². The topological polar surface area (TPSA) is 97.5 Å². The van der Waals surface area contributed by atoms with Gasteiger partial charge in [-0.2, -0.15) is 8.42 Å². The van der Waals surface area contributed by atoms with Crippen molar-refractivity contribution in [3.63, 3.8) is 0 Å². The summed E-state index contributed by atoms with van der Waals surface area (Å²) in [6, 6.07) is 0. The molecule has 0 bridgehead atoms. The van der Waals surface area contributed by atoms with Gasteiger partial charge in [-0.3, -0.25) is 9.35 Å². The zero-order valence-electron chi connectivity index (χ0n) is 7.52. The second kappa shape index (κ2) is 4.38. The predicted molar refractivity (Wildman–Crippen MR) is 48.6 cm³/mol. The summed E-state index contributed by atoms with van der Waals surface area (Å²) in [5, 5.41) is -0.915. The Balaban J connectivity index is 4.34. The Morgan fingerprint density at radius 1 is 1.62 bits per heavy atom. The first-order valence-corrected chi connectivity index (χ1v) is 5.18. The largest absolute Gasteiger partial charge is 0.366 e. The maximum absolute atomic E-state index is 10.5. The summed E-state index contributed by atoms with van der Waals surface area (Å²) in [6.45, 7) is 2.83. The molecule has 0 heterocycles. The number of rotatable bonds is 4. The molecule has 0 saturated carbocycles. The zero-order chi connectivity index (χ0) is 10.6. The van der Waals surface area contributed by atoms with Crippen LogP contribution in [0, 0.1) is 0 Å². The molecule has 0 aromatic carbocycles. The fourth-order valence-corrected chi connectivity index (χ4v) is 0.904. The molecule has 0 aliphatic heterocycles. The summed E-state index contributed by atoms with van der Waals surface area (Å²) < 4.78 is 29.6. The van der Waals surface area contributed by atoms with Gasteiger partial charge in [-0.1, -0.05) is 6.08 Å². The minimum atomic E-state index is -4.02. The summed E-state index contributed by atoms with van der Waals surface area (Å²) in [5.74, 6) is -0.595. The van der Waals surface area contributed by atoms with Gasteiger partial charge in [-0.25, -0.2) is 0 Å². The quantitative estimate of drug-likeness (QED) is 0.504. The van der Waals surface area contributed by atoms with E-state index in [0.717, 1.165) is 0 Å². The van der Waals surface area contributed by atoms with Gasteiger partial charge >= 0.3 is 0 Å². The van der Waals surface area contributed by atoms with Gasteiger partial charge in [0.25, 0.3) is 10.1 Å². The third-order valence-electron chi connectivity index (χ3n) is 1.65. The molecule has 0 saturated heterocycles. The molecule has 1 amide bonds. The second-order valence-electron chi connectivity index (χ2n) is 2.81. The number of hydrogen-bond donors (Lipinski definition) is 2. The van der Waals surface area contributed by atoms with Gasteiger partial charge < -0.3 is 5.73 Å². The Morgan fingerprint density at radius 3 is 2.38 bits per heavy atom. The first-order valence-electron chi connectivity index (χ1n) is 3.68. The van der Waals surface area contributed by atoms with E-state index in [0.29, 0.717) is 0 Å². The third-order valence-corrected chi connectivity index (χ3v) is 2.86. The van der Waals surface area contributed by atoms with Gasteiger partial charge in [0.15, 0.2) is 0 Å². The molecular weight excluding hydrogens is 194 g/mol. The highest BCUT2D eigenvalue weighted by molar-refractivity contribution is 7.86. The summed E-state index contributed by atoms with van der Waals surface area (Å²) in [6.07, 6.45) is 1.47. The number of allylic oxidation sites excluding steroid dienone is 1. The lowest BCUT2D eigenvalue weighted by atomic mass is 10.2. The summed E-state index contributed by atoms with van der Waals surface area (Å²) in [7, 11) is -4.02. The Kier molecular flexibility index (Phi) is 4.09. The number of carbonyl (C=O) groups excluding carboxylic acids is 1. The van der Waals surface area contributed by atoms with E-state index in [9.17, 15) is 13.2 Å². The maximum Gasteiger partial charge on any atom is 0.267 e. The van der Waals surface area contributed by atoms with E-state index < -0.39 is 21.3 Å². The molecule has 0 aliphatic rings. The molecule has 0 aromatic heterocycles. The van der Waals surface area contributed by atoms with E-state index in [4.69, 9.17) is 10.3 Å². The molecule has 3 N–H and O–H groups in total. The highest BCUT2D eigenvalue weighted by Gasteiger charge is 2.15. The van der Waals surface area contributed by atoms with Crippen molar-refractivity contribution in [3.8, 4) is 0 Å². The highest BCUT2D eigenvalue weighted by Crippen LogP contribution is 2.05. The molecule has 1 unspecified atom stereocenters. The molecule has 0 rings (SSSR count). The molecule has 0 aromatic rings. The molecule has 6 heteroatoms. The molecule has 76 valence electrons. The number of nitrogens with two attached hydrogens (primary N) is 1. The SMILES string of the molecule is C/C(=C\CC(C)S(=O)(=O)O)C(N)=O. The summed E-state index contributed by atoms with van der Waals surface area (Å²) in [5.41, 5.74) is 5.20. The minimum absolute atomic E-state index is 0.0770. The van der Waals surface area contributed by atoms with E-state index >= 15 is 0 Å². The van der Waals surface area contributed by atoms with Crippen LogP contribution in [-0.4, -0.2) is 24.1 Å². The van der Waals surface area contributed by atoms with Crippen molar-refractivity contribution in [2.75, 3.05) is 0 Å². The smallest absolute Gasteiger partial charge is 0.267 e. The average Bonchev–Trinajstić information content (AvgIpc) is 1.97. The third kappa shape index (κ3) is 4.64. The van der Waals surface area contributed by atoms with E-state index in [2.05, 4.69) is 0 Å². The van der Waals surface area contributed by atoms with Crippen molar-refractivity contribution in [2.45, 2.75) is 25.5 Å². The van der Waals surface area contributed by atoms with Crippen molar-refractivity contribution < 1.29 is 17.8 Å². The second-order valence-corrected chi connectivity index (χ2v) is 4.65. The van der Waals surface area contributed by atoms with Crippen LogP contribution >= 0.6 is 0 Å². The van der Waals surface area contributed by atoms with Crippen molar-refractivity contribution in [3.05, 3.63) is 11.6 Å². The van der Waals surface area contributed by atoms with Crippen LogP contribution in [0.1, 0.15) is 20.3 Å². The Labute approximate surface area is 77.4 Å². The number of carbonyl (C=O) groups is 1. The lowest BCUT2D eigenvalue weighted by Gasteiger charge is -2.03. The monoisotopic (exact) mass is 207 g/mol. The van der Waals surface area contributed by atoms with Crippen LogP contribution in [0.15, 0.2) is 11.6 Å². The van der Waals surface area contributed by atoms with Crippen LogP contribution in [-0.2, 0) is 14.9 Å². The van der Waals surface area contributed by atoms with Gasteiger partial charge in [-0.05, 0) is 20.3 Å². The Morgan fingerprint density at radius 2 is 2.08 bits per heavy atom. The van der Waals surface area contributed by atoms with E-state index in [1.165, 1.54) is 19.9 Å². The van der Waals surface area contributed by atoms with Crippen LogP contribution in [0.25, 0.3) is 0 Å². The van der Waals surface area contributed by atoms with Gasteiger partial charge in [0.2, 0.25) is 5.91 Å². The first-order chi connectivity index (χ1) is 5.75. The molecule has 0 radical (unpaired) electrons.